The Morgan fingerprint density at radius 2 is 1.66 bits per heavy atom. The number of hydrogen-bond acceptors (Lipinski definition) is 2. The summed E-state index contributed by atoms with van der Waals surface area (Å²) in [6.45, 7) is 6.01. The number of hydrogen-bond donors (Lipinski definition) is 0. The maximum Gasteiger partial charge on any atom is 0.165 e. The van der Waals surface area contributed by atoms with Gasteiger partial charge in [-0.25, -0.2) is 4.39 Å². The summed E-state index contributed by atoms with van der Waals surface area (Å²) >= 11 is 0. The first-order valence-electron chi connectivity index (χ1n) is 9.98. The molecule has 0 saturated carbocycles. The smallest absolute Gasteiger partial charge is 0.165 e. The molecule has 150 valence electrons. The van der Waals surface area contributed by atoms with Crippen molar-refractivity contribution in [3.8, 4) is 11.5 Å². The van der Waals surface area contributed by atoms with Gasteiger partial charge >= 0.3 is 0 Å². The van der Waals surface area contributed by atoms with Crippen LogP contribution in [0.5, 0.6) is 11.5 Å². The molecule has 2 nitrogen and oxygen atoms in total. The van der Waals surface area contributed by atoms with Gasteiger partial charge in [0.15, 0.2) is 17.3 Å². The van der Waals surface area contributed by atoms with Crippen molar-refractivity contribution in [2.45, 2.75) is 45.4 Å². The second-order valence-corrected chi connectivity index (χ2v) is 8.05. The van der Waals surface area contributed by atoms with Crippen LogP contribution in [0.15, 0.2) is 72.8 Å². The van der Waals surface area contributed by atoms with Crippen LogP contribution in [-0.2, 0) is 11.8 Å². The van der Waals surface area contributed by atoms with Gasteiger partial charge in [0.25, 0.3) is 0 Å². The number of carbonyl (C=O) groups is 1. The summed E-state index contributed by atoms with van der Waals surface area (Å²) in [7, 11) is 0. The molecule has 0 radical (unpaired) electrons. The lowest BCUT2D eigenvalue weighted by atomic mass is 9.79. The monoisotopic (exact) mass is 390 g/mol. The Kier molecular flexibility index (Phi) is 6.48. The molecule has 0 saturated heterocycles. The number of halogens is 1. The fourth-order valence-corrected chi connectivity index (χ4v) is 3.43. The van der Waals surface area contributed by atoms with Crippen LogP contribution in [0.3, 0.4) is 0 Å². The Bertz CT molecular complexity index is 960. The predicted molar refractivity (Wildman–Crippen MR) is 115 cm³/mol. The summed E-state index contributed by atoms with van der Waals surface area (Å²) in [6.07, 6.45) is 2.80. The Labute approximate surface area is 172 Å². The van der Waals surface area contributed by atoms with Gasteiger partial charge in [-0.1, -0.05) is 62.4 Å². The van der Waals surface area contributed by atoms with Gasteiger partial charge in [-0.3, -0.25) is 4.79 Å². The van der Waals surface area contributed by atoms with Crippen LogP contribution in [-0.4, -0.2) is 5.78 Å². The van der Waals surface area contributed by atoms with Crippen molar-refractivity contribution in [1.29, 1.82) is 0 Å². The van der Waals surface area contributed by atoms with Crippen LogP contribution in [0.1, 0.15) is 55.1 Å². The summed E-state index contributed by atoms with van der Waals surface area (Å²) in [5.74, 6) is 0.606. The minimum Gasteiger partial charge on any atom is -0.454 e. The van der Waals surface area contributed by atoms with Crippen molar-refractivity contribution < 1.29 is 13.9 Å². The third-order valence-corrected chi connectivity index (χ3v) is 5.31. The number of para-hydroxylation sites is 1. The third-order valence-electron chi connectivity index (χ3n) is 5.31. The van der Waals surface area contributed by atoms with Crippen molar-refractivity contribution in [1.82, 2.24) is 0 Å². The molecule has 3 heteroatoms. The quantitative estimate of drug-likeness (QED) is 0.383. The van der Waals surface area contributed by atoms with Gasteiger partial charge in [-0.05, 0) is 67.0 Å². The van der Waals surface area contributed by atoms with Crippen molar-refractivity contribution in [3.05, 3.63) is 95.3 Å². The van der Waals surface area contributed by atoms with Gasteiger partial charge in [0.05, 0.1) is 0 Å². The van der Waals surface area contributed by atoms with Crippen LogP contribution >= 0.6 is 0 Å². The van der Waals surface area contributed by atoms with Crippen LogP contribution in [0, 0.1) is 5.82 Å². The first kappa shape index (κ1) is 20.8. The van der Waals surface area contributed by atoms with E-state index in [9.17, 15) is 9.18 Å². The lowest BCUT2D eigenvalue weighted by Crippen LogP contribution is -2.17. The van der Waals surface area contributed by atoms with Crippen molar-refractivity contribution in [3.63, 3.8) is 0 Å². The summed E-state index contributed by atoms with van der Waals surface area (Å²) in [4.78, 5) is 11.5. The number of rotatable bonds is 8. The molecule has 0 fully saturated rings. The number of carbonyl (C=O) groups excluding carboxylic acids is 1. The second-order valence-electron chi connectivity index (χ2n) is 8.05. The van der Waals surface area contributed by atoms with Crippen molar-refractivity contribution in [2.24, 2.45) is 0 Å². The van der Waals surface area contributed by atoms with E-state index >= 15 is 0 Å². The van der Waals surface area contributed by atoms with E-state index in [0.29, 0.717) is 5.75 Å². The SMILES string of the molecule is CC(=O)c1ccc(C(C)(C)CCCc2ccc(F)c(Oc3ccccc3)c2)cc1. The maximum absolute atomic E-state index is 14.1. The van der Waals surface area contributed by atoms with Crippen LogP contribution in [0.25, 0.3) is 0 Å². The highest BCUT2D eigenvalue weighted by molar-refractivity contribution is 5.94. The van der Waals surface area contributed by atoms with E-state index in [1.807, 2.05) is 60.7 Å². The summed E-state index contributed by atoms with van der Waals surface area (Å²) < 4.78 is 19.8. The number of ether oxygens (including phenoxy) is 1. The second kappa shape index (κ2) is 9.04. The zero-order valence-electron chi connectivity index (χ0n) is 17.2. The molecule has 0 atom stereocenters. The summed E-state index contributed by atoms with van der Waals surface area (Å²) in [6, 6.07) is 22.2. The highest BCUT2D eigenvalue weighted by Gasteiger charge is 2.20. The minimum atomic E-state index is -0.358. The van der Waals surface area contributed by atoms with Gasteiger partial charge in [-0.2, -0.15) is 0 Å². The van der Waals surface area contributed by atoms with Crippen molar-refractivity contribution in [2.75, 3.05) is 0 Å². The van der Waals surface area contributed by atoms with Gasteiger partial charge < -0.3 is 4.74 Å². The lowest BCUT2D eigenvalue weighted by molar-refractivity contribution is 0.101. The Morgan fingerprint density at radius 1 is 0.966 bits per heavy atom. The molecule has 0 aliphatic rings. The lowest BCUT2D eigenvalue weighted by Gasteiger charge is -2.25. The van der Waals surface area contributed by atoms with Gasteiger partial charge in [0, 0.05) is 5.56 Å². The molecule has 0 N–H and O–H groups in total. The number of aryl methyl sites for hydroxylation is 1. The zero-order chi connectivity index (χ0) is 20.9. The molecule has 0 spiro atoms. The molecule has 0 aliphatic carbocycles. The van der Waals surface area contributed by atoms with Crippen LogP contribution < -0.4 is 4.74 Å². The highest BCUT2D eigenvalue weighted by atomic mass is 19.1. The van der Waals surface area contributed by atoms with E-state index in [-0.39, 0.29) is 22.8 Å². The van der Waals surface area contributed by atoms with E-state index in [0.717, 1.165) is 30.4 Å². The zero-order valence-corrected chi connectivity index (χ0v) is 17.2. The molecular formula is C26H27FO2. The molecule has 0 amide bonds. The Morgan fingerprint density at radius 3 is 2.31 bits per heavy atom. The minimum absolute atomic E-state index is 0.00127. The van der Waals surface area contributed by atoms with E-state index in [2.05, 4.69) is 13.8 Å². The predicted octanol–water partition coefficient (Wildman–Crippen LogP) is 7.12. The van der Waals surface area contributed by atoms with Gasteiger partial charge in [0.1, 0.15) is 5.75 Å². The molecule has 0 heterocycles. The fourth-order valence-electron chi connectivity index (χ4n) is 3.43. The molecule has 3 aromatic rings. The first-order chi connectivity index (χ1) is 13.8. The Balaban J connectivity index is 1.62. The molecule has 0 aromatic heterocycles. The van der Waals surface area contributed by atoms with Gasteiger partial charge in [0.2, 0.25) is 0 Å². The molecule has 3 aromatic carbocycles. The molecule has 3 rings (SSSR count). The van der Waals surface area contributed by atoms with Crippen LogP contribution in [0.4, 0.5) is 4.39 Å². The van der Waals surface area contributed by atoms with Crippen molar-refractivity contribution >= 4 is 5.78 Å². The molecule has 0 aliphatic heterocycles. The van der Waals surface area contributed by atoms with Gasteiger partial charge in [-0.15, -0.1) is 0 Å². The topological polar surface area (TPSA) is 26.3 Å². The normalized spacial score (nSPS) is 11.3. The fraction of sp³-hybridized carbons (Fsp3) is 0.269. The van der Waals surface area contributed by atoms with E-state index in [1.165, 1.54) is 11.6 Å². The molecule has 29 heavy (non-hydrogen) atoms. The molecule has 0 bridgehead atoms. The summed E-state index contributed by atoms with van der Waals surface area (Å²) in [5.41, 5.74) is 3.01. The van der Waals surface area contributed by atoms with E-state index in [1.54, 1.807) is 13.0 Å². The average molecular weight is 390 g/mol. The number of Topliss-reactive ketones (excluding diaryl/α,β-unsaturated/α-hetero) is 1. The third kappa shape index (κ3) is 5.54. The largest absolute Gasteiger partial charge is 0.454 e. The van der Waals surface area contributed by atoms with E-state index in [4.69, 9.17) is 4.74 Å². The molecule has 0 unspecified atom stereocenters. The Hall–Kier alpha value is -2.94. The number of benzene rings is 3. The summed E-state index contributed by atoms with van der Waals surface area (Å²) in [5, 5.41) is 0. The maximum atomic E-state index is 14.1. The average Bonchev–Trinajstić information content (AvgIpc) is 2.71. The highest BCUT2D eigenvalue weighted by Crippen LogP contribution is 2.30. The van der Waals surface area contributed by atoms with Crippen LogP contribution in [0.2, 0.25) is 0 Å². The van der Waals surface area contributed by atoms with E-state index < -0.39 is 0 Å². The molecular weight excluding hydrogens is 363 g/mol. The number of ketones is 1. The standard InChI is InChI=1S/C26H27FO2/c1-19(28)21-12-14-22(15-13-21)26(2,3)17-7-8-20-11-16-24(27)25(18-20)29-23-9-5-4-6-10-23/h4-6,9-16,18H,7-8,17H2,1-3H3. The first-order valence-corrected chi connectivity index (χ1v) is 9.98.